The third-order valence-corrected chi connectivity index (χ3v) is 12.0. The molecule has 2 rings (SSSR count). The molecule has 0 aromatic rings. The minimum absolute atomic E-state index is 0.248. The predicted molar refractivity (Wildman–Crippen MR) is 199 cm³/mol. The maximum Gasteiger partial charge on any atom is 0.0161 e. The van der Waals surface area contributed by atoms with Gasteiger partial charge in [-0.1, -0.05) is 90.5 Å². The van der Waals surface area contributed by atoms with E-state index in [0.717, 1.165) is 36.5 Å². The summed E-state index contributed by atoms with van der Waals surface area (Å²) in [5.74, 6) is 3.13. The SMILES string of the molecule is C=C(CCC(=C)CC1CC(C)(C)N(CC(CC)CCCC)C(C)(C)C1)CC1CC(C)(C)N(CC(CC)CCCC)C(C)(C)C1. The zero-order chi connectivity index (χ0) is 33.3. The largest absolute Gasteiger partial charge is 0.293 e. The van der Waals surface area contributed by atoms with Gasteiger partial charge < -0.3 is 0 Å². The summed E-state index contributed by atoms with van der Waals surface area (Å²) in [5.41, 5.74) is 3.90. The standard InChI is InChI=1S/C42H80N2/c1-15-19-21-35(17-3)31-43-39(7,8)27-37(28-40(43,9)10)25-33(5)23-24-34(6)26-38-29-41(11,12)44(42(13,14)30-38)32-36(18-4)22-20-16-2/h35-38H,5-6,15-32H2,1-4,7-14H3. The molecule has 2 saturated heterocycles. The van der Waals surface area contributed by atoms with Gasteiger partial charge in [-0.15, -0.1) is 0 Å². The van der Waals surface area contributed by atoms with Gasteiger partial charge >= 0.3 is 0 Å². The van der Waals surface area contributed by atoms with Crippen molar-refractivity contribution in [1.29, 1.82) is 0 Å². The number of likely N-dealkylation sites (tertiary alicyclic amines) is 2. The first-order chi connectivity index (χ1) is 20.4. The van der Waals surface area contributed by atoms with Crippen molar-refractivity contribution in [2.45, 2.75) is 208 Å². The summed E-state index contributed by atoms with van der Waals surface area (Å²) in [6, 6.07) is 0. The van der Waals surface area contributed by atoms with Gasteiger partial charge in [-0.2, -0.15) is 0 Å². The Bertz CT molecular complexity index is 768. The molecule has 2 nitrogen and oxygen atoms in total. The Balaban J connectivity index is 1.90. The molecule has 2 aliphatic rings. The van der Waals surface area contributed by atoms with Crippen LogP contribution in [0.5, 0.6) is 0 Å². The zero-order valence-corrected chi connectivity index (χ0v) is 32.3. The van der Waals surface area contributed by atoms with Crippen LogP contribution in [-0.4, -0.2) is 45.0 Å². The maximum absolute atomic E-state index is 4.63. The Hall–Kier alpha value is -0.600. The monoisotopic (exact) mass is 613 g/mol. The van der Waals surface area contributed by atoms with E-state index in [9.17, 15) is 0 Å². The molecule has 2 unspecified atom stereocenters. The number of piperidine rings is 2. The molecule has 0 saturated carbocycles. The topological polar surface area (TPSA) is 6.48 Å². The Morgan fingerprint density at radius 3 is 1.11 bits per heavy atom. The molecule has 0 aliphatic carbocycles. The van der Waals surface area contributed by atoms with Crippen LogP contribution in [0.2, 0.25) is 0 Å². The Morgan fingerprint density at radius 2 is 0.864 bits per heavy atom. The molecule has 44 heavy (non-hydrogen) atoms. The van der Waals surface area contributed by atoms with Crippen LogP contribution in [0.25, 0.3) is 0 Å². The van der Waals surface area contributed by atoms with Crippen LogP contribution in [0.3, 0.4) is 0 Å². The van der Waals surface area contributed by atoms with Crippen molar-refractivity contribution in [3.8, 4) is 0 Å². The molecule has 0 spiro atoms. The number of hydrogen-bond acceptors (Lipinski definition) is 2. The molecular weight excluding hydrogens is 532 g/mol. The fraction of sp³-hybridized carbons (Fsp3) is 0.905. The molecule has 2 heterocycles. The van der Waals surface area contributed by atoms with Crippen LogP contribution in [0, 0.1) is 23.7 Å². The molecule has 0 aromatic carbocycles. The lowest BCUT2D eigenvalue weighted by atomic mass is 9.70. The van der Waals surface area contributed by atoms with E-state index >= 15 is 0 Å². The van der Waals surface area contributed by atoms with Crippen molar-refractivity contribution in [2.24, 2.45) is 23.7 Å². The number of unbranched alkanes of at least 4 members (excludes halogenated alkanes) is 2. The summed E-state index contributed by atoms with van der Waals surface area (Å²) in [4.78, 5) is 5.76. The fourth-order valence-corrected chi connectivity index (χ4v) is 10.1. The summed E-state index contributed by atoms with van der Waals surface area (Å²) >= 11 is 0. The second kappa shape index (κ2) is 17.0. The van der Waals surface area contributed by atoms with Gasteiger partial charge in [0, 0.05) is 35.2 Å². The molecule has 0 radical (unpaired) electrons. The normalized spacial score (nSPS) is 23.8. The van der Waals surface area contributed by atoms with E-state index in [-0.39, 0.29) is 22.2 Å². The molecule has 2 aliphatic heterocycles. The third-order valence-electron chi connectivity index (χ3n) is 12.0. The summed E-state index contributed by atoms with van der Waals surface area (Å²) in [5, 5.41) is 0. The highest BCUT2D eigenvalue weighted by Gasteiger charge is 2.46. The lowest BCUT2D eigenvalue weighted by Gasteiger charge is -2.56. The summed E-state index contributed by atoms with van der Waals surface area (Å²) in [7, 11) is 0. The Kier molecular flexibility index (Phi) is 15.3. The van der Waals surface area contributed by atoms with Gasteiger partial charge in [-0.25, -0.2) is 0 Å². The van der Waals surface area contributed by atoms with E-state index in [1.807, 2.05) is 0 Å². The van der Waals surface area contributed by atoms with Gasteiger partial charge in [0.15, 0.2) is 0 Å². The van der Waals surface area contributed by atoms with Crippen LogP contribution in [0.15, 0.2) is 24.3 Å². The lowest BCUT2D eigenvalue weighted by molar-refractivity contribution is -0.0623. The Morgan fingerprint density at radius 1 is 0.568 bits per heavy atom. The van der Waals surface area contributed by atoms with Gasteiger partial charge in [-0.3, -0.25) is 9.80 Å². The second-order valence-electron chi connectivity index (χ2n) is 18.3. The highest BCUT2D eigenvalue weighted by Crippen LogP contribution is 2.46. The van der Waals surface area contributed by atoms with Crippen LogP contribution in [-0.2, 0) is 0 Å². The van der Waals surface area contributed by atoms with Gasteiger partial charge in [-0.05, 0) is 143 Å². The summed E-state index contributed by atoms with van der Waals surface area (Å²) in [6.07, 6.45) is 20.5. The van der Waals surface area contributed by atoms with E-state index < -0.39 is 0 Å². The van der Waals surface area contributed by atoms with Crippen molar-refractivity contribution in [1.82, 2.24) is 9.80 Å². The van der Waals surface area contributed by atoms with Gasteiger partial charge in [0.05, 0.1) is 0 Å². The molecule has 0 bridgehead atoms. The highest BCUT2D eigenvalue weighted by molar-refractivity contribution is 5.09. The minimum Gasteiger partial charge on any atom is -0.293 e. The van der Waals surface area contributed by atoms with Crippen molar-refractivity contribution < 1.29 is 0 Å². The number of hydrogen-bond donors (Lipinski definition) is 0. The quantitative estimate of drug-likeness (QED) is 0.134. The first kappa shape index (κ1) is 39.6. The molecule has 258 valence electrons. The average Bonchev–Trinajstić information content (AvgIpc) is 2.89. The number of rotatable bonds is 19. The first-order valence-corrected chi connectivity index (χ1v) is 19.3. The van der Waals surface area contributed by atoms with Gasteiger partial charge in [0.1, 0.15) is 0 Å². The lowest BCUT2D eigenvalue weighted by Crippen LogP contribution is -2.61. The molecule has 2 fully saturated rings. The molecule has 0 N–H and O–H groups in total. The van der Waals surface area contributed by atoms with E-state index in [2.05, 4.69) is 106 Å². The second-order valence-corrected chi connectivity index (χ2v) is 18.3. The Labute approximate surface area is 278 Å². The van der Waals surface area contributed by atoms with Crippen molar-refractivity contribution in [3.05, 3.63) is 24.3 Å². The number of allylic oxidation sites excluding steroid dienone is 2. The van der Waals surface area contributed by atoms with Gasteiger partial charge in [0.25, 0.3) is 0 Å². The summed E-state index contributed by atoms with van der Waals surface area (Å²) in [6.45, 7) is 41.3. The van der Waals surface area contributed by atoms with E-state index in [1.165, 1.54) is 114 Å². The van der Waals surface area contributed by atoms with Gasteiger partial charge in [0.2, 0.25) is 0 Å². The maximum atomic E-state index is 4.63. The minimum atomic E-state index is 0.248. The van der Waals surface area contributed by atoms with E-state index in [1.54, 1.807) is 0 Å². The number of nitrogens with zero attached hydrogens (tertiary/aromatic N) is 2. The first-order valence-electron chi connectivity index (χ1n) is 19.3. The van der Waals surface area contributed by atoms with E-state index in [4.69, 9.17) is 0 Å². The molecular formula is C42H80N2. The van der Waals surface area contributed by atoms with Crippen molar-refractivity contribution in [2.75, 3.05) is 13.1 Å². The molecule has 2 heteroatoms. The van der Waals surface area contributed by atoms with Crippen LogP contribution in [0.4, 0.5) is 0 Å². The third kappa shape index (κ3) is 11.6. The van der Waals surface area contributed by atoms with Crippen LogP contribution >= 0.6 is 0 Å². The summed E-state index contributed by atoms with van der Waals surface area (Å²) < 4.78 is 0. The van der Waals surface area contributed by atoms with E-state index in [0.29, 0.717) is 0 Å². The van der Waals surface area contributed by atoms with Crippen molar-refractivity contribution >= 4 is 0 Å². The van der Waals surface area contributed by atoms with Crippen LogP contribution in [0.1, 0.15) is 186 Å². The molecule has 2 atom stereocenters. The average molecular weight is 613 g/mol. The van der Waals surface area contributed by atoms with Crippen molar-refractivity contribution in [3.63, 3.8) is 0 Å². The fourth-order valence-electron chi connectivity index (χ4n) is 10.1. The zero-order valence-electron chi connectivity index (χ0n) is 32.3. The molecule has 0 amide bonds. The molecule has 0 aromatic heterocycles. The highest BCUT2D eigenvalue weighted by atomic mass is 15.3. The smallest absolute Gasteiger partial charge is 0.0161 e. The van der Waals surface area contributed by atoms with Crippen LogP contribution < -0.4 is 0 Å². The predicted octanol–water partition coefficient (Wildman–Crippen LogP) is 12.6.